The van der Waals surface area contributed by atoms with Crippen molar-refractivity contribution < 1.29 is 9.18 Å². The molecule has 1 aromatic heterocycles. The Hall–Kier alpha value is -3.63. The molecule has 0 N–H and O–H groups in total. The van der Waals surface area contributed by atoms with Crippen LogP contribution in [-0.4, -0.2) is 28.3 Å². The van der Waals surface area contributed by atoms with E-state index < -0.39 is 6.04 Å². The minimum absolute atomic E-state index is 0.150. The van der Waals surface area contributed by atoms with E-state index in [1.165, 1.54) is 11.8 Å². The molecule has 1 amide bonds. The van der Waals surface area contributed by atoms with E-state index in [4.69, 9.17) is 5.26 Å². The standard InChI is InChI=1S/C26H21FN4OS/c1-33-25-19(18-6-3-2-4-7-18)10-12-22(24(25)27)30-13-5-8-23(26(30)32)31-16-29-20-14-17(15-28)9-11-21(20)31/h2-4,6-7,9-12,14,16,23H,5,8,13H2,1H3. The van der Waals surface area contributed by atoms with Crippen LogP contribution in [-0.2, 0) is 4.79 Å². The van der Waals surface area contributed by atoms with E-state index in [0.717, 1.165) is 23.1 Å². The molecule has 1 unspecified atom stereocenters. The zero-order valence-corrected chi connectivity index (χ0v) is 18.8. The third kappa shape index (κ3) is 3.66. The molecule has 0 radical (unpaired) electrons. The van der Waals surface area contributed by atoms with Crippen molar-refractivity contribution in [3.63, 3.8) is 0 Å². The molecule has 7 heteroatoms. The zero-order chi connectivity index (χ0) is 22.9. The van der Waals surface area contributed by atoms with Crippen molar-refractivity contribution >= 4 is 34.4 Å². The number of carbonyl (C=O) groups is 1. The number of halogens is 1. The summed E-state index contributed by atoms with van der Waals surface area (Å²) in [4.78, 5) is 20.0. The monoisotopic (exact) mass is 456 g/mol. The smallest absolute Gasteiger partial charge is 0.250 e. The van der Waals surface area contributed by atoms with Crippen molar-refractivity contribution in [2.24, 2.45) is 0 Å². The Balaban J connectivity index is 1.52. The van der Waals surface area contributed by atoms with Gasteiger partial charge in [-0.25, -0.2) is 9.37 Å². The molecule has 1 aliphatic rings. The largest absolute Gasteiger partial charge is 0.318 e. The van der Waals surface area contributed by atoms with Crippen LogP contribution in [0.1, 0.15) is 24.4 Å². The van der Waals surface area contributed by atoms with Gasteiger partial charge in [0.25, 0.3) is 0 Å². The lowest BCUT2D eigenvalue weighted by atomic mass is 10.0. The van der Waals surface area contributed by atoms with Crippen molar-refractivity contribution in [3.05, 3.63) is 78.4 Å². The summed E-state index contributed by atoms with van der Waals surface area (Å²) in [6.45, 7) is 0.468. The van der Waals surface area contributed by atoms with Gasteiger partial charge in [-0.2, -0.15) is 5.26 Å². The molecule has 1 atom stereocenters. The summed E-state index contributed by atoms with van der Waals surface area (Å²) in [6.07, 6.45) is 4.89. The molecule has 2 heterocycles. The van der Waals surface area contributed by atoms with E-state index in [1.54, 1.807) is 29.4 Å². The number of fused-ring (bicyclic) bond motifs is 1. The molecule has 0 aliphatic carbocycles. The summed E-state index contributed by atoms with van der Waals surface area (Å²) in [5, 5.41) is 9.13. The van der Waals surface area contributed by atoms with E-state index in [9.17, 15) is 4.79 Å². The van der Waals surface area contributed by atoms with Gasteiger partial charge in [0.15, 0.2) is 5.82 Å². The van der Waals surface area contributed by atoms with Crippen LogP contribution in [0, 0.1) is 17.1 Å². The third-order valence-electron chi connectivity index (χ3n) is 6.11. The van der Waals surface area contributed by atoms with Gasteiger partial charge in [-0.3, -0.25) is 4.79 Å². The van der Waals surface area contributed by atoms with Crippen molar-refractivity contribution in [2.45, 2.75) is 23.8 Å². The van der Waals surface area contributed by atoms with Crippen molar-refractivity contribution in [3.8, 4) is 17.2 Å². The summed E-state index contributed by atoms with van der Waals surface area (Å²) in [7, 11) is 0. The Bertz CT molecular complexity index is 1390. The number of imidazole rings is 1. The molecule has 5 nitrogen and oxygen atoms in total. The van der Waals surface area contributed by atoms with Crippen molar-refractivity contribution in [1.82, 2.24) is 9.55 Å². The molecule has 33 heavy (non-hydrogen) atoms. The van der Waals surface area contributed by atoms with Crippen LogP contribution in [0.3, 0.4) is 0 Å². The Morgan fingerprint density at radius 3 is 2.73 bits per heavy atom. The highest BCUT2D eigenvalue weighted by atomic mass is 32.2. The van der Waals surface area contributed by atoms with Gasteiger partial charge in [-0.15, -0.1) is 11.8 Å². The molecule has 4 aromatic rings. The maximum atomic E-state index is 15.7. The predicted octanol–water partition coefficient (Wildman–Crippen LogP) is 5.80. The Labute approximate surface area is 195 Å². The minimum atomic E-state index is -0.470. The average Bonchev–Trinajstić information content (AvgIpc) is 3.27. The lowest BCUT2D eigenvalue weighted by molar-refractivity contribution is -0.123. The predicted molar refractivity (Wildman–Crippen MR) is 129 cm³/mol. The molecule has 0 spiro atoms. The molecule has 0 saturated carbocycles. The summed E-state index contributed by atoms with van der Waals surface area (Å²) in [5.74, 6) is -0.518. The number of aromatic nitrogens is 2. The van der Waals surface area contributed by atoms with E-state index in [0.29, 0.717) is 34.6 Å². The van der Waals surface area contributed by atoms with Gasteiger partial charge in [0.2, 0.25) is 5.91 Å². The lowest BCUT2D eigenvalue weighted by Gasteiger charge is -2.33. The van der Waals surface area contributed by atoms with Crippen LogP contribution in [0.5, 0.6) is 0 Å². The fourth-order valence-corrected chi connectivity index (χ4v) is 5.19. The van der Waals surface area contributed by atoms with Gasteiger partial charge in [-0.05, 0) is 54.5 Å². The number of carbonyl (C=O) groups excluding carboxylic acids is 1. The van der Waals surface area contributed by atoms with Crippen LogP contribution in [0.15, 0.2) is 71.9 Å². The molecular formula is C26H21FN4OS. The van der Waals surface area contributed by atoms with Gasteiger partial charge in [0.1, 0.15) is 6.04 Å². The number of rotatable bonds is 4. The first kappa shape index (κ1) is 21.2. The normalized spacial score (nSPS) is 16.2. The van der Waals surface area contributed by atoms with E-state index in [2.05, 4.69) is 11.1 Å². The van der Waals surface area contributed by atoms with Gasteiger partial charge in [-0.1, -0.05) is 36.4 Å². The van der Waals surface area contributed by atoms with Crippen LogP contribution in [0.4, 0.5) is 10.1 Å². The molecular weight excluding hydrogens is 435 g/mol. The minimum Gasteiger partial charge on any atom is -0.318 e. The zero-order valence-electron chi connectivity index (χ0n) is 18.0. The molecule has 3 aromatic carbocycles. The second kappa shape index (κ2) is 8.72. The van der Waals surface area contributed by atoms with Crippen LogP contribution in [0.2, 0.25) is 0 Å². The lowest BCUT2D eigenvalue weighted by Crippen LogP contribution is -2.42. The highest BCUT2D eigenvalue weighted by molar-refractivity contribution is 7.98. The fraction of sp³-hybridized carbons (Fsp3) is 0.192. The first-order chi connectivity index (χ1) is 16.1. The number of benzene rings is 3. The number of nitrogens with zero attached hydrogens (tertiary/aromatic N) is 4. The highest BCUT2D eigenvalue weighted by Crippen LogP contribution is 2.39. The van der Waals surface area contributed by atoms with Crippen LogP contribution >= 0.6 is 11.8 Å². The topological polar surface area (TPSA) is 61.9 Å². The number of piperidine rings is 1. The average molecular weight is 457 g/mol. The summed E-state index contributed by atoms with van der Waals surface area (Å²) < 4.78 is 17.6. The molecule has 1 saturated heterocycles. The first-order valence-electron chi connectivity index (χ1n) is 10.7. The Morgan fingerprint density at radius 1 is 1.15 bits per heavy atom. The van der Waals surface area contributed by atoms with Gasteiger partial charge < -0.3 is 9.47 Å². The van der Waals surface area contributed by atoms with E-state index >= 15 is 4.39 Å². The highest BCUT2D eigenvalue weighted by Gasteiger charge is 2.33. The molecule has 1 aliphatic heterocycles. The molecule has 0 bridgehead atoms. The second-order valence-electron chi connectivity index (χ2n) is 7.96. The molecule has 5 rings (SSSR count). The first-order valence-corrected chi connectivity index (χ1v) is 11.9. The van der Waals surface area contributed by atoms with Crippen LogP contribution in [0.25, 0.3) is 22.2 Å². The number of thioether (sulfide) groups is 1. The van der Waals surface area contributed by atoms with Gasteiger partial charge >= 0.3 is 0 Å². The number of hydrogen-bond donors (Lipinski definition) is 0. The van der Waals surface area contributed by atoms with Gasteiger partial charge in [0.05, 0.1) is 39.6 Å². The Kier molecular flexibility index (Phi) is 5.61. The number of anilines is 1. The summed E-state index contributed by atoms with van der Waals surface area (Å²) in [5.41, 5.74) is 4.05. The number of hydrogen-bond acceptors (Lipinski definition) is 4. The van der Waals surface area contributed by atoms with Crippen LogP contribution < -0.4 is 4.90 Å². The number of nitriles is 1. The fourth-order valence-electron chi connectivity index (χ4n) is 4.50. The van der Waals surface area contributed by atoms with E-state index in [-0.39, 0.29) is 11.7 Å². The number of amides is 1. The third-order valence-corrected chi connectivity index (χ3v) is 6.91. The Morgan fingerprint density at radius 2 is 1.97 bits per heavy atom. The van der Waals surface area contributed by atoms with Crippen molar-refractivity contribution in [2.75, 3.05) is 17.7 Å². The van der Waals surface area contributed by atoms with Crippen molar-refractivity contribution in [1.29, 1.82) is 5.26 Å². The van der Waals surface area contributed by atoms with E-state index in [1.807, 2.05) is 53.3 Å². The molecule has 1 fully saturated rings. The van der Waals surface area contributed by atoms with Gasteiger partial charge in [0, 0.05) is 6.54 Å². The quantitative estimate of drug-likeness (QED) is 0.364. The second-order valence-corrected chi connectivity index (χ2v) is 8.78. The molecule has 164 valence electrons. The SMILES string of the molecule is CSc1c(-c2ccccc2)ccc(N2CCCC(n3cnc4cc(C#N)ccc43)C2=O)c1F. The summed E-state index contributed by atoms with van der Waals surface area (Å²) in [6, 6.07) is 20.2. The summed E-state index contributed by atoms with van der Waals surface area (Å²) >= 11 is 1.35. The maximum absolute atomic E-state index is 15.7. The maximum Gasteiger partial charge on any atom is 0.250 e.